The van der Waals surface area contributed by atoms with Crippen molar-refractivity contribution in [3.05, 3.63) is 0 Å². The monoisotopic (exact) mass is 180 g/mol. The van der Waals surface area contributed by atoms with Crippen LogP contribution in [0.4, 0.5) is 0 Å². The van der Waals surface area contributed by atoms with Crippen molar-refractivity contribution < 1.29 is 0 Å². The van der Waals surface area contributed by atoms with Crippen molar-refractivity contribution in [3.63, 3.8) is 0 Å². The van der Waals surface area contributed by atoms with Gasteiger partial charge >= 0.3 is 0 Å². The molecule has 0 aliphatic carbocycles. The Morgan fingerprint density at radius 3 is 2.77 bits per heavy atom. The third-order valence-electron chi connectivity index (χ3n) is 2.83. The Bertz CT molecular complexity index is 183. The van der Waals surface area contributed by atoms with E-state index in [-0.39, 0.29) is 0 Å². The van der Waals surface area contributed by atoms with Crippen molar-refractivity contribution in [1.29, 1.82) is 0 Å². The van der Waals surface area contributed by atoms with E-state index in [1.807, 2.05) is 0 Å². The molecule has 2 nitrogen and oxygen atoms in total. The highest BCUT2D eigenvalue weighted by molar-refractivity contribution is 4.86. The number of terminal acetylenes is 1. The molecule has 0 bridgehead atoms. The molecule has 2 heteroatoms. The van der Waals surface area contributed by atoms with Crippen molar-refractivity contribution in [2.75, 3.05) is 32.7 Å². The maximum Gasteiger partial charge on any atom is 0.0214 e. The second-order valence-corrected chi connectivity index (χ2v) is 3.73. The number of piperazine rings is 1. The van der Waals surface area contributed by atoms with Gasteiger partial charge in [-0.3, -0.25) is 9.80 Å². The Morgan fingerprint density at radius 2 is 2.23 bits per heavy atom. The molecule has 0 N–H and O–H groups in total. The van der Waals surface area contributed by atoms with Crippen LogP contribution in [-0.2, 0) is 0 Å². The van der Waals surface area contributed by atoms with Gasteiger partial charge in [0.2, 0.25) is 0 Å². The first-order valence-electron chi connectivity index (χ1n) is 5.17. The highest BCUT2D eigenvalue weighted by Gasteiger charge is 2.21. The van der Waals surface area contributed by atoms with Gasteiger partial charge in [-0.05, 0) is 13.5 Å². The van der Waals surface area contributed by atoms with E-state index >= 15 is 0 Å². The molecule has 1 unspecified atom stereocenters. The fourth-order valence-corrected chi connectivity index (χ4v) is 1.97. The molecule has 1 atom stereocenters. The Morgan fingerprint density at radius 1 is 1.46 bits per heavy atom. The zero-order chi connectivity index (χ0) is 9.68. The predicted octanol–water partition coefficient (Wildman–Crippen LogP) is 1.04. The molecular formula is C11H20N2. The SMILES string of the molecule is C#CCCN1CCN(CC)C(C)C1. The van der Waals surface area contributed by atoms with Crippen LogP contribution < -0.4 is 0 Å². The molecule has 1 saturated heterocycles. The lowest BCUT2D eigenvalue weighted by Crippen LogP contribution is -2.51. The Kier molecular flexibility index (Phi) is 4.27. The summed E-state index contributed by atoms with van der Waals surface area (Å²) >= 11 is 0. The van der Waals surface area contributed by atoms with Crippen LogP contribution in [0.25, 0.3) is 0 Å². The number of hydrogen-bond acceptors (Lipinski definition) is 2. The molecule has 0 spiro atoms. The number of likely N-dealkylation sites (N-methyl/N-ethyl adjacent to an activating group) is 1. The quantitative estimate of drug-likeness (QED) is 0.599. The average Bonchev–Trinajstić information content (AvgIpc) is 2.15. The lowest BCUT2D eigenvalue weighted by Gasteiger charge is -2.39. The molecule has 0 aromatic heterocycles. The molecule has 74 valence electrons. The fraction of sp³-hybridized carbons (Fsp3) is 0.818. The van der Waals surface area contributed by atoms with Gasteiger partial charge in [0.25, 0.3) is 0 Å². The fourth-order valence-electron chi connectivity index (χ4n) is 1.97. The van der Waals surface area contributed by atoms with Crippen LogP contribution >= 0.6 is 0 Å². The van der Waals surface area contributed by atoms with Crippen LogP contribution in [0, 0.1) is 12.3 Å². The largest absolute Gasteiger partial charge is 0.300 e. The molecule has 0 amide bonds. The molecule has 0 aromatic rings. The van der Waals surface area contributed by atoms with Gasteiger partial charge in [-0.25, -0.2) is 0 Å². The normalized spacial score (nSPS) is 25.8. The zero-order valence-corrected chi connectivity index (χ0v) is 8.79. The van der Waals surface area contributed by atoms with Gasteiger partial charge in [-0.1, -0.05) is 6.92 Å². The summed E-state index contributed by atoms with van der Waals surface area (Å²) in [5.74, 6) is 2.70. The van der Waals surface area contributed by atoms with Crippen molar-refractivity contribution in [2.45, 2.75) is 26.3 Å². The Hall–Kier alpha value is -0.520. The second kappa shape index (κ2) is 5.26. The third kappa shape index (κ3) is 3.02. The topological polar surface area (TPSA) is 6.48 Å². The molecule has 1 aliphatic rings. The van der Waals surface area contributed by atoms with Crippen LogP contribution in [0.5, 0.6) is 0 Å². The Balaban J connectivity index is 2.29. The molecule has 1 aliphatic heterocycles. The van der Waals surface area contributed by atoms with Crippen LogP contribution in [0.15, 0.2) is 0 Å². The molecule has 1 rings (SSSR count). The predicted molar refractivity (Wildman–Crippen MR) is 56.6 cm³/mol. The molecule has 1 fully saturated rings. The van der Waals surface area contributed by atoms with Crippen molar-refractivity contribution >= 4 is 0 Å². The van der Waals surface area contributed by atoms with Crippen LogP contribution in [0.3, 0.4) is 0 Å². The van der Waals surface area contributed by atoms with Gasteiger partial charge < -0.3 is 0 Å². The van der Waals surface area contributed by atoms with Crippen molar-refractivity contribution in [1.82, 2.24) is 9.80 Å². The first-order chi connectivity index (χ1) is 6.27. The van der Waals surface area contributed by atoms with Gasteiger partial charge in [0, 0.05) is 38.6 Å². The highest BCUT2D eigenvalue weighted by Crippen LogP contribution is 2.08. The number of nitrogens with zero attached hydrogens (tertiary/aromatic N) is 2. The summed E-state index contributed by atoms with van der Waals surface area (Å²) < 4.78 is 0. The van der Waals surface area contributed by atoms with Crippen LogP contribution in [0.1, 0.15) is 20.3 Å². The van der Waals surface area contributed by atoms with Gasteiger partial charge in [-0.2, -0.15) is 0 Å². The van der Waals surface area contributed by atoms with Gasteiger partial charge in [-0.15, -0.1) is 12.3 Å². The first-order valence-corrected chi connectivity index (χ1v) is 5.17. The molecule has 0 aromatic carbocycles. The molecular weight excluding hydrogens is 160 g/mol. The average molecular weight is 180 g/mol. The van der Waals surface area contributed by atoms with E-state index in [2.05, 4.69) is 29.6 Å². The minimum atomic E-state index is 0.691. The number of hydrogen-bond donors (Lipinski definition) is 0. The van der Waals surface area contributed by atoms with Crippen LogP contribution in [0.2, 0.25) is 0 Å². The molecule has 13 heavy (non-hydrogen) atoms. The van der Waals surface area contributed by atoms with Crippen LogP contribution in [-0.4, -0.2) is 48.6 Å². The summed E-state index contributed by atoms with van der Waals surface area (Å²) in [5.41, 5.74) is 0. The van der Waals surface area contributed by atoms with Gasteiger partial charge in [0.15, 0.2) is 0 Å². The maximum atomic E-state index is 5.25. The van der Waals surface area contributed by atoms with Crippen molar-refractivity contribution in [3.8, 4) is 12.3 Å². The lowest BCUT2D eigenvalue weighted by atomic mass is 10.2. The van der Waals surface area contributed by atoms with E-state index in [0.717, 1.165) is 13.0 Å². The van der Waals surface area contributed by atoms with E-state index in [4.69, 9.17) is 6.42 Å². The molecule has 0 saturated carbocycles. The lowest BCUT2D eigenvalue weighted by molar-refractivity contribution is 0.0897. The molecule has 1 heterocycles. The smallest absolute Gasteiger partial charge is 0.0214 e. The number of rotatable bonds is 3. The standard InChI is InChI=1S/C11H20N2/c1-4-6-7-12-8-9-13(5-2)11(3)10-12/h1,11H,5-10H2,2-3H3. The zero-order valence-electron chi connectivity index (χ0n) is 8.79. The van der Waals surface area contributed by atoms with Crippen molar-refractivity contribution in [2.24, 2.45) is 0 Å². The minimum absolute atomic E-state index is 0.691. The maximum absolute atomic E-state index is 5.25. The summed E-state index contributed by atoms with van der Waals surface area (Å²) in [6.45, 7) is 10.3. The minimum Gasteiger partial charge on any atom is -0.300 e. The summed E-state index contributed by atoms with van der Waals surface area (Å²) in [7, 11) is 0. The van der Waals surface area contributed by atoms with E-state index in [9.17, 15) is 0 Å². The summed E-state index contributed by atoms with van der Waals surface area (Å²) in [6.07, 6.45) is 6.13. The van der Waals surface area contributed by atoms with E-state index in [0.29, 0.717) is 6.04 Å². The second-order valence-electron chi connectivity index (χ2n) is 3.73. The summed E-state index contributed by atoms with van der Waals surface area (Å²) in [5, 5.41) is 0. The highest BCUT2D eigenvalue weighted by atomic mass is 15.3. The van der Waals surface area contributed by atoms with Gasteiger partial charge in [0.05, 0.1) is 0 Å². The Labute approximate surface area is 81.9 Å². The summed E-state index contributed by atoms with van der Waals surface area (Å²) in [6, 6.07) is 0.691. The van der Waals surface area contributed by atoms with E-state index in [1.165, 1.54) is 26.2 Å². The molecule has 0 radical (unpaired) electrons. The van der Waals surface area contributed by atoms with E-state index < -0.39 is 0 Å². The summed E-state index contributed by atoms with van der Waals surface area (Å²) in [4.78, 5) is 4.99. The third-order valence-corrected chi connectivity index (χ3v) is 2.83. The van der Waals surface area contributed by atoms with E-state index in [1.54, 1.807) is 0 Å². The van der Waals surface area contributed by atoms with Gasteiger partial charge in [0.1, 0.15) is 0 Å². The first kappa shape index (κ1) is 10.6.